The average molecular weight is 435 g/mol. The number of likely N-dealkylation sites (N-methyl/N-ethyl adjacent to an activating group) is 1. The Kier molecular flexibility index (Phi) is 13.9. The van der Waals surface area contributed by atoms with Gasteiger partial charge in [0, 0.05) is 34.4 Å². The molecule has 0 amide bonds. The highest BCUT2D eigenvalue weighted by molar-refractivity contribution is 14.0. The largest absolute Gasteiger partial charge is 0.492 e. The number of ether oxygens (including phenoxy) is 2. The van der Waals surface area contributed by atoms with Gasteiger partial charge in [0.15, 0.2) is 5.96 Å². The van der Waals surface area contributed by atoms with Crippen molar-refractivity contribution in [1.82, 2.24) is 10.2 Å². The summed E-state index contributed by atoms with van der Waals surface area (Å²) in [5.41, 5.74) is 0. The molecule has 0 radical (unpaired) electrons. The summed E-state index contributed by atoms with van der Waals surface area (Å²) in [7, 11) is 5.57. The summed E-state index contributed by atoms with van der Waals surface area (Å²) in [5, 5.41) is 3.37. The zero-order valence-electron chi connectivity index (χ0n) is 14.5. The minimum atomic E-state index is 0. The fourth-order valence-electron chi connectivity index (χ4n) is 2.06. The highest BCUT2D eigenvalue weighted by Gasteiger charge is 2.05. The second-order valence-corrected chi connectivity index (χ2v) is 5.11. The van der Waals surface area contributed by atoms with Crippen molar-refractivity contribution in [2.45, 2.75) is 19.3 Å². The molecule has 0 saturated carbocycles. The lowest BCUT2D eigenvalue weighted by molar-refractivity contribution is 0.192. The minimum absolute atomic E-state index is 0. The van der Waals surface area contributed by atoms with Crippen molar-refractivity contribution < 1.29 is 9.47 Å². The monoisotopic (exact) mass is 435 g/mol. The first kappa shape index (κ1) is 22.0. The summed E-state index contributed by atoms with van der Waals surface area (Å²) < 4.78 is 10.7. The van der Waals surface area contributed by atoms with Crippen molar-refractivity contribution >= 4 is 29.9 Å². The third-order valence-electron chi connectivity index (χ3n) is 3.32. The fourth-order valence-corrected chi connectivity index (χ4v) is 2.06. The van der Waals surface area contributed by atoms with Gasteiger partial charge in [-0.2, -0.15) is 0 Å². The maximum Gasteiger partial charge on any atom is 0.193 e. The van der Waals surface area contributed by atoms with Crippen LogP contribution in [0.15, 0.2) is 35.3 Å². The van der Waals surface area contributed by atoms with E-state index in [9.17, 15) is 0 Å². The molecule has 1 aromatic carbocycles. The Labute approximate surface area is 157 Å². The molecule has 0 aliphatic carbocycles. The smallest absolute Gasteiger partial charge is 0.193 e. The van der Waals surface area contributed by atoms with Gasteiger partial charge < -0.3 is 19.7 Å². The summed E-state index contributed by atoms with van der Waals surface area (Å²) in [6, 6.07) is 9.86. The lowest BCUT2D eigenvalue weighted by Crippen LogP contribution is -2.41. The van der Waals surface area contributed by atoms with Gasteiger partial charge in [0.2, 0.25) is 0 Å². The number of benzene rings is 1. The zero-order valence-corrected chi connectivity index (χ0v) is 16.8. The normalized spacial score (nSPS) is 10.8. The van der Waals surface area contributed by atoms with Crippen LogP contribution in [0, 0.1) is 0 Å². The molecule has 1 aromatic rings. The number of guanidine groups is 1. The maximum absolute atomic E-state index is 5.70. The zero-order chi connectivity index (χ0) is 16.0. The van der Waals surface area contributed by atoms with Crippen LogP contribution in [0.1, 0.15) is 19.3 Å². The van der Waals surface area contributed by atoms with Crippen LogP contribution in [0.2, 0.25) is 0 Å². The number of nitrogens with one attached hydrogen (secondary N) is 1. The quantitative estimate of drug-likeness (QED) is 0.266. The van der Waals surface area contributed by atoms with Gasteiger partial charge in [0.25, 0.3) is 0 Å². The number of para-hydroxylation sites is 1. The Morgan fingerprint density at radius 1 is 1.13 bits per heavy atom. The van der Waals surface area contributed by atoms with Crippen molar-refractivity contribution in [2.75, 3.05) is 47.5 Å². The molecule has 1 N–H and O–H groups in total. The van der Waals surface area contributed by atoms with Crippen LogP contribution < -0.4 is 10.1 Å². The Bertz CT molecular complexity index is 416. The molecule has 1 rings (SSSR count). The second kappa shape index (κ2) is 14.6. The Morgan fingerprint density at radius 2 is 1.87 bits per heavy atom. The highest BCUT2D eigenvalue weighted by atomic mass is 127. The van der Waals surface area contributed by atoms with Crippen LogP contribution in [0.25, 0.3) is 0 Å². The number of aliphatic imine (C=N–C) groups is 1. The predicted octanol–water partition coefficient (Wildman–Crippen LogP) is 3.01. The molecule has 0 spiro atoms. The van der Waals surface area contributed by atoms with E-state index in [1.807, 2.05) is 44.4 Å². The highest BCUT2D eigenvalue weighted by Crippen LogP contribution is 2.07. The summed E-state index contributed by atoms with van der Waals surface area (Å²) in [6.45, 7) is 3.19. The van der Waals surface area contributed by atoms with E-state index in [-0.39, 0.29) is 24.0 Å². The molecule has 0 heterocycles. The first-order valence-electron chi connectivity index (χ1n) is 7.86. The van der Waals surface area contributed by atoms with Crippen LogP contribution in [-0.4, -0.2) is 58.4 Å². The van der Waals surface area contributed by atoms with Crippen LogP contribution in [0.4, 0.5) is 0 Å². The van der Waals surface area contributed by atoms with E-state index >= 15 is 0 Å². The molecule has 0 aliphatic heterocycles. The summed E-state index contributed by atoms with van der Waals surface area (Å²) in [5.74, 6) is 1.81. The van der Waals surface area contributed by atoms with E-state index < -0.39 is 0 Å². The molecule has 0 saturated heterocycles. The number of methoxy groups -OCH3 is 1. The van der Waals surface area contributed by atoms with Crippen LogP contribution in [0.3, 0.4) is 0 Å². The Hall–Kier alpha value is -1.02. The molecule has 0 fully saturated rings. The molecule has 0 bridgehead atoms. The Balaban J connectivity index is 0.00000484. The molecule has 0 unspecified atom stereocenters. The number of hydrogen-bond acceptors (Lipinski definition) is 3. The predicted molar refractivity (Wildman–Crippen MR) is 107 cm³/mol. The molecule has 6 heteroatoms. The fraction of sp³-hybridized carbons (Fsp3) is 0.588. The third-order valence-corrected chi connectivity index (χ3v) is 3.32. The van der Waals surface area contributed by atoms with Crippen LogP contribution in [0.5, 0.6) is 5.75 Å². The van der Waals surface area contributed by atoms with E-state index in [4.69, 9.17) is 9.47 Å². The average Bonchev–Trinajstić information content (AvgIpc) is 2.55. The third kappa shape index (κ3) is 10.4. The number of halogens is 1. The summed E-state index contributed by atoms with van der Waals surface area (Å²) in [6.07, 6.45) is 3.40. The van der Waals surface area contributed by atoms with Gasteiger partial charge >= 0.3 is 0 Å². The molecule has 23 heavy (non-hydrogen) atoms. The molecule has 5 nitrogen and oxygen atoms in total. The Morgan fingerprint density at radius 3 is 2.52 bits per heavy atom. The van der Waals surface area contributed by atoms with Gasteiger partial charge in [0.05, 0.1) is 6.54 Å². The van der Waals surface area contributed by atoms with Crippen LogP contribution in [-0.2, 0) is 4.74 Å². The van der Waals surface area contributed by atoms with Gasteiger partial charge in [-0.05, 0) is 31.4 Å². The number of nitrogens with zero attached hydrogens (tertiary/aromatic N) is 2. The molecule has 0 aliphatic rings. The standard InChI is InChI=1S/C17H29N3O2.HI/c1-18-17(19-12-8-5-9-14-21-3)20(2)13-15-22-16-10-6-4-7-11-16;/h4,6-7,10-11H,5,8-9,12-15H2,1-3H3,(H,18,19);1H. The number of rotatable bonds is 10. The molecule has 132 valence electrons. The van der Waals surface area contributed by atoms with Gasteiger partial charge in [-0.3, -0.25) is 4.99 Å². The number of unbranched alkanes of at least 4 members (excludes halogenated alkanes) is 2. The summed E-state index contributed by atoms with van der Waals surface area (Å²) in [4.78, 5) is 6.38. The molecular formula is C17H30IN3O2. The van der Waals surface area contributed by atoms with Crippen molar-refractivity contribution in [1.29, 1.82) is 0 Å². The maximum atomic E-state index is 5.70. The van der Waals surface area contributed by atoms with E-state index in [1.54, 1.807) is 7.11 Å². The molecular weight excluding hydrogens is 405 g/mol. The van der Waals surface area contributed by atoms with Crippen molar-refractivity contribution in [2.24, 2.45) is 4.99 Å². The molecule has 0 atom stereocenters. The van der Waals surface area contributed by atoms with Gasteiger partial charge in [-0.15, -0.1) is 24.0 Å². The minimum Gasteiger partial charge on any atom is -0.492 e. The second-order valence-electron chi connectivity index (χ2n) is 5.11. The topological polar surface area (TPSA) is 46.1 Å². The van der Waals surface area contributed by atoms with E-state index in [0.29, 0.717) is 6.61 Å². The lowest BCUT2D eigenvalue weighted by atomic mass is 10.2. The first-order chi connectivity index (χ1) is 10.8. The van der Waals surface area contributed by atoms with E-state index in [1.165, 1.54) is 6.42 Å². The summed E-state index contributed by atoms with van der Waals surface area (Å²) >= 11 is 0. The van der Waals surface area contributed by atoms with Gasteiger partial charge in [-0.1, -0.05) is 18.2 Å². The van der Waals surface area contributed by atoms with Crippen molar-refractivity contribution in [3.05, 3.63) is 30.3 Å². The van der Waals surface area contributed by atoms with Crippen molar-refractivity contribution in [3.8, 4) is 5.75 Å². The van der Waals surface area contributed by atoms with Gasteiger partial charge in [0.1, 0.15) is 12.4 Å². The first-order valence-corrected chi connectivity index (χ1v) is 7.86. The van der Waals surface area contributed by atoms with E-state index in [2.05, 4.69) is 15.2 Å². The molecule has 0 aromatic heterocycles. The van der Waals surface area contributed by atoms with Gasteiger partial charge in [-0.25, -0.2) is 0 Å². The lowest BCUT2D eigenvalue weighted by Gasteiger charge is -2.22. The van der Waals surface area contributed by atoms with Crippen LogP contribution >= 0.6 is 24.0 Å². The number of hydrogen-bond donors (Lipinski definition) is 1. The SMILES string of the molecule is CN=C(NCCCCCOC)N(C)CCOc1ccccc1.I. The van der Waals surface area contributed by atoms with Crippen molar-refractivity contribution in [3.63, 3.8) is 0 Å². The van der Waals surface area contributed by atoms with E-state index in [0.717, 1.165) is 44.2 Å².